The number of hydrogen-bond acceptors (Lipinski definition) is 6. The maximum Gasteiger partial charge on any atom is 0.350 e. The Kier molecular flexibility index (Phi) is 4.26. The molecule has 118 valence electrons. The van der Waals surface area contributed by atoms with Crippen LogP contribution in [0.2, 0.25) is 10.0 Å². The number of carbonyl (C=O) groups is 2. The van der Waals surface area contributed by atoms with Crippen LogP contribution in [0.5, 0.6) is 5.75 Å². The third kappa shape index (κ3) is 3.13. The third-order valence-corrected chi connectivity index (χ3v) is 3.77. The molecule has 2 rings (SSSR count). The summed E-state index contributed by atoms with van der Waals surface area (Å²) in [4.78, 5) is 23.5. The Balaban J connectivity index is 2.30. The van der Waals surface area contributed by atoms with Gasteiger partial charge in [0, 0.05) is 25.1 Å². The molecule has 1 aliphatic heterocycles. The van der Waals surface area contributed by atoms with Gasteiger partial charge in [-0.25, -0.2) is 9.59 Å². The zero-order valence-electron chi connectivity index (χ0n) is 12.0. The molecule has 0 aliphatic carbocycles. The highest BCUT2D eigenvalue weighted by Crippen LogP contribution is 2.39. The van der Waals surface area contributed by atoms with E-state index in [0.29, 0.717) is 10.6 Å². The van der Waals surface area contributed by atoms with Gasteiger partial charge < -0.3 is 19.9 Å². The van der Waals surface area contributed by atoms with E-state index < -0.39 is 17.7 Å². The summed E-state index contributed by atoms with van der Waals surface area (Å²) in [6, 6.07) is 1.42. The Labute approximate surface area is 136 Å². The Morgan fingerprint density at radius 2 is 1.77 bits per heavy atom. The quantitative estimate of drug-likeness (QED) is 0.370. The summed E-state index contributed by atoms with van der Waals surface area (Å²) in [6.07, 6.45) is 1.07. The molecule has 0 atom stereocenters. The molecule has 0 aromatic heterocycles. The van der Waals surface area contributed by atoms with Gasteiger partial charge in [-0.2, -0.15) is 0 Å². The lowest BCUT2D eigenvalue weighted by atomic mass is 10.2. The van der Waals surface area contributed by atoms with E-state index in [1.54, 1.807) is 6.92 Å². The number of halogens is 2. The predicted molar refractivity (Wildman–Crippen MR) is 80.8 cm³/mol. The lowest BCUT2D eigenvalue weighted by Gasteiger charge is -2.29. The summed E-state index contributed by atoms with van der Waals surface area (Å²) in [6.45, 7) is 4.53. The average molecular weight is 346 g/mol. The number of ether oxygens (including phenoxy) is 2. The molecule has 22 heavy (non-hydrogen) atoms. The largest absolute Gasteiger partial charge is 0.504 e. The van der Waals surface area contributed by atoms with Crippen molar-refractivity contribution in [2.45, 2.75) is 26.6 Å². The van der Waals surface area contributed by atoms with E-state index in [1.165, 1.54) is 19.9 Å². The van der Waals surface area contributed by atoms with Gasteiger partial charge >= 0.3 is 11.9 Å². The number of carbonyl (C=O) groups excluding carboxylic acids is 2. The Bertz CT molecular complexity index is 675. The molecular formula is C14H13Cl2NO5. The molecule has 1 saturated heterocycles. The first kappa shape index (κ1) is 16.5. The predicted octanol–water partition coefficient (Wildman–Crippen LogP) is 3.14. The summed E-state index contributed by atoms with van der Waals surface area (Å²) in [5, 5.41) is 12.9. The Hall–Kier alpha value is -1.92. The molecule has 1 aromatic rings. The minimum absolute atomic E-state index is 0.0725. The zero-order chi connectivity index (χ0) is 16.7. The topological polar surface area (TPSA) is 84.9 Å². The van der Waals surface area contributed by atoms with Crippen LogP contribution in [0.4, 0.5) is 5.69 Å². The summed E-state index contributed by atoms with van der Waals surface area (Å²) < 4.78 is 9.87. The van der Waals surface area contributed by atoms with Crippen LogP contribution in [0.3, 0.4) is 0 Å². The van der Waals surface area contributed by atoms with E-state index in [4.69, 9.17) is 32.7 Å². The molecule has 1 aromatic carbocycles. The second-order valence-electron chi connectivity index (χ2n) is 5.07. The van der Waals surface area contributed by atoms with Gasteiger partial charge in [-0.1, -0.05) is 23.2 Å². The van der Waals surface area contributed by atoms with E-state index in [1.807, 2.05) is 0 Å². The van der Waals surface area contributed by atoms with E-state index in [9.17, 15) is 14.7 Å². The Morgan fingerprint density at radius 3 is 2.32 bits per heavy atom. The SMILES string of the molecule is Cc1c(Cl)cc(NC=C2C(=O)OC(C)(C)OC2=O)c(O)c1Cl. The Morgan fingerprint density at radius 1 is 1.23 bits per heavy atom. The second kappa shape index (κ2) is 5.70. The van der Waals surface area contributed by atoms with Crippen molar-refractivity contribution in [1.82, 2.24) is 0 Å². The van der Waals surface area contributed by atoms with Gasteiger partial charge in [-0.05, 0) is 18.6 Å². The number of esters is 2. The number of anilines is 1. The van der Waals surface area contributed by atoms with Gasteiger partial charge in [-0.3, -0.25) is 0 Å². The normalized spacial score (nSPS) is 16.9. The first-order chi connectivity index (χ1) is 10.1. The van der Waals surface area contributed by atoms with Crippen molar-refractivity contribution in [3.63, 3.8) is 0 Å². The molecule has 2 N–H and O–H groups in total. The summed E-state index contributed by atoms with van der Waals surface area (Å²) in [5.41, 5.74) is 0.308. The van der Waals surface area contributed by atoms with Gasteiger partial charge in [0.15, 0.2) is 11.3 Å². The van der Waals surface area contributed by atoms with Gasteiger partial charge in [-0.15, -0.1) is 0 Å². The molecule has 0 bridgehead atoms. The van der Waals surface area contributed by atoms with E-state index in [-0.39, 0.29) is 22.0 Å². The van der Waals surface area contributed by atoms with Crippen LogP contribution >= 0.6 is 23.2 Å². The van der Waals surface area contributed by atoms with Gasteiger partial charge in [0.05, 0.1) is 10.7 Å². The molecular weight excluding hydrogens is 333 g/mol. The number of phenols is 1. The number of aromatic hydroxyl groups is 1. The monoisotopic (exact) mass is 345 g/mol. The van der Waals surface area contributed by atoms with Crippen molar-refractivity contribution in [2.75, 3.05) is 5.32 Å². The highest BCUT2D eigenvalue weighted by Gasteiger charge is 2.39. The highest BCUT2D eigenvalue weighted by molar-refractivity contribution is 6.37. The summed E-state index contributed by atoms with van der Waals surface area (Å²) >= 11 is 11.9. The number of phenolic OH excluding ortho intramolecular Hbond substituents is 1. The molecule has 0 amide bonds. The van der Waals surface area contributed by atoms with E-state index >= 15 is 0 Å². The lowest BCUT2D eigenvalue weighted by Crippen LogP contribution is -2.42. The fraction of sp³-hybridized carbons (Fsp3) is 0.286. The molecule has 1 heterocycles. The minimum Gasteiger partial charge on any atom is -0.504 e. The van der Waals surface area contributed by atoms with Crippen LogP contribution in [-0.2, 0) is 19.1 Å². The number of benzene rings is 1. The molecule has 1 fully saturated rings. The number of rotatable bonds is 2. The summed E-state index contributed by atoms with van der Waals surface area (Å²) in [7, 11) is 0. The van der Waals surface area contributed by atoms with Crippen LogP contribution in [0.15, 0.2) is 17.8 Å². The molecule has 8 heteroatoms. The van der Waals surface area contributed by atoms with Crippen LogP contribution in [0.1, 0.15) is 19.4 Å². The second-order valence-corrected chi connectivity index (χ2v) is 5.86. The molecule has 6 nitrogen and oxygen atoms in total. The number of hydrogen-bond donors (Lipinski definition) is 2. The van der Waals surface area contributed by atoms with E-state index in [0.717, 1.165) is 6.20 Å². The molecule has 0 radical (unpaired) electrons. The molecule has 0 spiro atoms. The van der Waals surface area contributed by atoms with Crippen molar-refractivity contribution in [2.24, 2.45) is 0 Å². The zero-order valence-corrected chi connectivity index (χ0v) is 13.5. The maximum absolute atomic E-state index is 11.8. The fourth-order valence-corrected chi connectivity index (χ4v) is 2.20. The summed E-state index contributed by atoms with van der Waals surface area (Å²) in [5.74, 6) is -3.24. The van der Waals surface area contributed by atoms with Crippen LogP contribution in [0.25, 0.3) is 0 Å². The van der Waals surface area contributed by atoms with Crippen molar-refractivity contribution in [3.05, 3.63) is 33.4 Å². The molecule has 1 aliphatic rings. The first-order valence-corrected chi connectivity index (χ1v) is 6.99. The highest BCUT2D eigenvalue weighted by atomic mass is 35.5. The van der Waals surface area contributed by atoms with Crippen LogP contribution in [0, 0.1) is 6.92 Å². The molecule has 0 saturated carbocycles. The van der Waals surface area contributed by atoms with Crippen molar-refractivity contribution < 1.29 is 24.2 Å². The molecule has 0 unspecified atom stereocenters. The van der Waals surface area contributed by atoms with E-state index in [2.05, 4.69) is 5.32 Å². The first-order valence-electron chi connectivity index (χ1n) is 6.23. The standard InChI is InChI=1S/C14H13Cl2NO5/c1-6-8(15)4-9(11(18)10(6)16)17-5-7-12(19)21-14(2,3)22-13(7)20/h4-5,17-18H,1-3H3. The average Bonchev–Trinajstić information content (AvgIpc) is 2.39. The van der Waals surface area contributed by atoms with Gasteiger partial charge in [0.2, 0.25) is 0 Å². The van der Waals surface area contributed by atoms with Crippen LogP contribution < -0.4 is 5.32 Å². The van der Waals surface area contributed by atoms with Crippen molar-refractivity contribution in [1.29, 1.82) is 0 Å². The number of nitrogens with one attached hydrogen (secondary N) is 1. The van der Waals surface area contributed by atoms with Crippen molar-refractivity contribution >= 4 is 40.8 Å². The van der Waals surface area contributed by atoms with Gasteiger partial charge in [0.25, 0.3) is 5.79 Å². The smallest absolute Gasteiger partial charge is 0.350 e. The van der Waals surface area contributed by atoms with Gasteiger partial charge in [0.1, 0.15) is 0 Å². The van der Waals surface area contributed by atoms with Crippen molar-refractivity contribution in [3.8, 4) is 5.75 Å². The lowest BCUT2D eigenvalue weighted by molar-refractivity contribution is -0.222. The minimum atomic E-state index is -1.32. The maximum atomic E-state index is 11.8. The third-order valence-electron chi connectivity index (χ3n) is 2.91. The fourth-order valence-electron chi connectivity index (χ4n) is 1.74. The van der Waals surface area contributed by atoms with Crippen LogP contribution in [-0.4, -0.2) is 22.8 Å². The number of cyclic esters (lactones) is 2.